The molecule has 0 aliphatic carbocycles. The van der Waals surface area contributed by atoms with Crippen molar-refractivity contribution in [1.29, 1.82) is 0 Å². The Morgan fingerprint density at radius 3 is 2.07 bits per heavy atom. The van der Waals surface area contributed by atoms with Gasteiger partial charge in [0.05, 0.1) is 16.8 Å². The van der Waals surface area contributed by atoms with Gasteiger partial charge in [-0.2, -0.15) is 13.2 Å². The van der Waals surface area contributed by atoms with Crippen molar-refractivity contribution in [3.05, 3.63) is 41.0 Å². The van der Waals surface area contributed by atoms with Crippen molar-refractivity contribution in [2.75, 3.05) is 13.6 Å². The van der Waals surface area contributed by atoms with Gasteiger partial charge < -0.3 is 14.2 Å². The zero-order chi connectivity index (χ0) is 21.8. The smallest absolute Gasteiger partial charge is 0.403 e. The molecule has 2 heterocycles. The molecular weight excluding hydrogens is 382 g/mol. The molecule has 0 spiro atoms. The van der Waals surface area contributed by atoms with E-state index in [1.165, 1.54) is 12.1 Å². The van der Waals surface area contributed by atoms with Crippen LogP contribution in [0.5, 0.6) is 0 Å². The van der Waals surface area contributed by atoms with Crippen molar-refractivity contribution in [2.45, 2.75) is 58.3 Å². The first kappa shape index (κ1) is 21.9. The van der Waals surface area contributed by atoms with Gasteiger partial charge in [-0.25, -0.2) is 0 Å². The lowest BCUT2D eigenvalue weighted by Gasteiger charge is -2.32. The Morgan fingerprint density at radius 1 is 1.07 bits per heavy atom. The molecule has 1 atom stereocenters. The van der Waals surface area contributed by atoms with Crippen LogP contribution in [0.2, 0.25) is 6.32 Å². The third-order valence-electron chi connectivity index (χ3n) is 6.28. The highest BCUT2D eigenvalue weighted by Gasteiger charge is 2.55. The molecule has 0 N–H and O–H groups in total. The van der Waals surface area contributed by atoms with Crippen LogP contribution >= 0.6 is 0 Å². The summed E-state index contributed by atoms with van der Waals surface area (Å²) in [4.78, 5) is 14.4. The first-order valence-electron chi connectivity index (χ1n) is 9.65. The molecule has 29 heavy (non-hydrogen) atoms. The predicted octanol–water partition coefficient (Wildman–Crippen LogP) is 4.66. The second kappa shape index (κ2) is 6.88. The Hall–Kier alpha value is -1.80. The van der Waals surface area contributed by atoms with E-state index in [2.05, 4.69) is 0 Å². The van der Waals surface area contributed by atoms with Crippen LogP contribution < -0.4 is 0 Å². The minimum Gasteiger partial charge on any atom is -0.403 e. The Kier molecular flexibility index (Phi) is 5.19. The number of carbonyl (C=O) groups excluding carboxylic acids is 1. The van der Waals surface area contributed by atoms with Crippen LogP contribution in [0.1, 0.15) is 45.7 Å². The molecule has 1 aromatic carbocycles. The van der Waals surface area contributed by atoms with Gasteiger partial charge in [0.15, 0.2) is 0 Å². The molecule has 0 aromatic heterocycles. The summed E-state index contributed by atoms with van der Waals surface area (Å²) in [6.07, 6.45) is -2.24. The highest BCUT2D eigenvalue weighted by atomic mass is 19.4. The van der Waals surface area contributed by atoms with Crippen LogP contribution in [-0.4, -0.2) is 42.7 Å². The zero-order valence-corrected chi connectivity index (χ0v) is 17.7. The number of alkyl halides is 3. The summed E-state index contributed by atoms with van der Waals surface area (Å²) in [6, 6.07) is 4.83. The van der Waals surface area contributed by atoms with Gasteiger partial charge in [0, 0.05) is 24.6 Å². The fraction of sp³-hybridized carbons (Fsp3) is 0.571. The number of halogens is 3. The van der Waals surface area contributed by atoms with E-state index < -0.39 is 35.5 Å². The third-order valence-corrected chi connectivity index (χ3v) is 6.28. The maximum Gasteiger partial charge on any atom is 0.458 e. The lowest BCUT2D eigenvalue weighted by molar-refractivity contribution is -0.137. The summed E-state index contributed by atoms with van der Waals surface area (Å²) in [7, 11) is 1.25. The average Bonchev–Trinajstić information content (AvgIpc) is 2.89. The highest BCUT2D eigenvalue weighted by Crippen LogP contribution is 2.46. The summed E-state index contributed by atoms with van der Waals surface area (Å²) in [5.74, 6) is -0.135. The van der Waals surface area contributed by atoms with Gasteiger partial charge in [-0.05, 0) is 57.8 Å². The van der Waals surface area contributed by atoms with Crippen molar-refractivity contribution in [2.24, 2.45) is 5.41 Å². The van der Waals surface area contributed by atoms with Crippen LogP contribution in [0, 0.1) is 5.41 Å². The fourth-order valence-corrected chi connectivity index (χ4v) is 3.91. The van der Waals surface area contributed by atoms with Gasteiger partial charge in [0.25, 0.3) is 0 Å². The van der Waals surface area contributed by atoms with Crippen LogP contribution in [0.3, 0.4) is 0 Å². The number of likely N-dealkylation sites (N-methyl/N-ethyl adjacent to an activating group) is 1. The topological polar surface area (TPSA) is 38.8 Å². The van der Waals surface area contributed by atoms with Crippen molar-refractivity contribution < 1.29 is 27.3 Å². The van der Waals surface area contributed by atoms with Crippen molar-refractivity contribution in [3.8, 4) is 0 Å². The van der Waals surface area contributed by atoms with Crippen molar-refractivity contribution >= 4 is 19.1 Å². The van der Waals surface area contributed by atoms with E-state index in [-0.39, 0.29) is 5.91 Å². The molecule has 158 valence electrons. The highest BCUT2D eigenvalue weighted by molar-refractivity contribution is 6.46. The third kappa shape index (κ3) is 4.10. The van der Waals surface area contributed by atoms with E-state index in [4.69, 9.17) is 9.31 Å². The van der Waals surface area contributed by atoms with E-state index in [0.717, 1.165) is 12.1 Å². The zero-order valence-electron chi connectivity index (χ0n) is 17.7. The van der Waals surface area contributed by atoms with Gasteiger partial charge in [-0.15, -0.1) is 0 Å². The van der Waals surface area contributed by atoms with E-state index in [0.29, 0.717) is 24.0 Å². The van der Waals surface area contributed by atoms with Crippen molar-refractivity contribution in [1.82, 2.24) is 4.90 Å². The second-order valence-electron chi connectivity index (χ2n) is 9.29. The Labute approximate surface area is 170 Å². The number of benzene rings is 1. The summed E-state index contributed by atoms with van der Waals surface area (Å²) < 4.78 is 50.6. The molecule has 4 nitrogen and oxygen atoms in total. The molecule has 2 saturated heterocycles. The summed E-state index contributed by atoms with van der Waals surface area (Å²) in [5, 5.41) is 0. The van der Waals surface area contributed by atoms with E-state index in [9.17, 15) is 18.0 Å². The van der Waals surface area contributed by atoms with Gasteiger partial charge in [0.2, 0.25) is 5.91 Å². The van der Waals surface area contributed by atoms with Crippen molar-refractivity contribution in [3.63, 3.8) is 0 Å². The number of nitrogens with zero attached hydrogens (tertiary/aromatic N) is 1. The monoisotopic (exact) mass is 409 g/mol. The molecule has 0 bridgehead atoms. The molecule has 2 fully saturated rings. The molecule has 1 amide bonds. The van der Waals surface area contributed by atoms with E-state index >= 15 is 0 Å². The maximum atomic E-state index is 12.8. The molecule has 3 rings (SSSR count). The largest absolute Gasteiger partial charge is 0.458 e. The summed E-state index contributed by atoms with van der Waals surface area (Å²) >= 11 is 0. The van der Waals surface area contributed by atoms with Gasteiger partial charge >= 0.3 is 13.3 Å². The normalized spacial score (nSPS) is 27.9. The maximum absolute atomic E-state index is 12.8. The minimum absolute atomic E-state index is 0.135. The predicted molar refractivity (Wildman–Crippen MR) is 106 cm³/mol. The molecule has 1 aromatic rings. The number of rotatable bonds is 3. The quantitative estimate of drug-likeness (QED) is 0.539. The van der Waals surface area contributed by atoms with E-state index in [1.54, 1.807) is 18.0 Å². The molecule has 8 heteroatoms. The van der Waals surface area contributed by atoms with Gasteiger partial charge in [-0.1, -0.05) is 19.1 Å². The summed E-state index contributed by atoms with van der Waals surface area (Å²) in [5.41, 5.74) is -1.10. The lowest BCUT2D eigenvalue weighted by atomic mass is 9.66. The van der Waals surface area contributed by atoms with E-state index in [1.807, 2.05) is 34.6 Å². The lowest BCUT2D eigenvalue weighted by Crippen LogP contribution is -2.41. The second-order valence-corrected chi connectivity index (χ2v) is 9.29. The minimum atomic E-state index is -4.39. The molecular formula is C21H27BF3NO3. The summed E-state index contributed by atoms with van der Waals surface area (Å²) in [6.45, 7) is 10.3. The Balaban J connectivity index is 1.88. The first-order chi connectivity index (χ1) is 13.1. The molecule has 0 saturated carbocycles. The van der Waals surface area contributed by atoms with Crippen LogP contribution in [-0.2, 0) is 20.3 Å². The van der Waals surface area contributed by atoms with Crippen LogP contribution in [0.15, 0.2) is 29.8 Å². The van der Waals surface area contributed by atoms with Gasteiger partial charge in [0.1, 0.15) is 0 Å². The number of amides is 1. The molecule has 0 unspecified atom stereocenters. The number of likely N-dealkylation sites (tertiary alicyclic amines) is 1. The molecule has 0 radical (unpaired) electrons. The standard InChI is InChI=1S/C21H27BF3NO3/c1-18(2)19(3,4)29-22(28-18)12-20(5)13-26(6)17(27)16(20)11-14-7-9-15(10-8-14)21(23,24)25/h7-11H,12-13H2,1-6H3/b16-11+/t20-/m0/s1. The Morgan fingerprint density at radius 2 is 1.59 bits per heavy atom. The van der Waals surface area contributed by atoms with Crippen LogP contribution in [0.4, 0.5) is 13.2 Å². The number of hydrogen-bond acceptors (Lipinski definition) is 3. The first-order valence-corrected chi connectivity index (χ1v) is 9.65. The fourth-order valence-electron chi connectivity index (χ4n) is 3.91. The number of carbonyl (C=O) groups is 1. The molecule has 2 aliphatic rings. The Bertz CT molecular complexity index is 817. The van der Waals surface area contributed by atoms with Crippen LogP contribution in [0.25, 0.3) is 6.08 Å². The SMILES string of the molecule is CN1C[C@](C)(CB2OC(C)(C)C(C)(C)O2)/C(=C/c2ccc(C(F)(F)F)cc2)C1=O. The number of hydrogen-bond donors (Lipinski definition) is 0. The molecule has 2 aliphatic heterocycles. The van der Waals surface area contributed by atoms with Gasteiger partial charge in [-0.3, -0.25) is 4.79 Å². The average molecular weight is 409 g/mol.